The maximum atomic E-state index is 12.2. The van der Waals surface area contributed by atoms with Crippen LogP contribution in [-0.4, -0.2) is 33.9 Å². The number of hydrogen-bond acceptors (Lipinski definition) is 7. The summed E-state index contributed by atoms with van der Waals surface area (Å²) in [5.74, 6) is -0.223. The van der Waals surface area contributed by atoms with Gasteiger partial charge in [0.05, 0.1) is 18.8 Å². The van der Waals surface area contributed by atoms with Gasteiger partial charge in [0.25, 0.3) is 5.03 Å². The molecule has 0 aliphatic carbocycles. The quantitative estimate of drug-likeness (QED) is 0.0948. The molecule has 0 spiro atoms. The molecule has 1 aliphatic rings. The van der Waals surface area contributed by atoms with Crippen molar-refractivity contribution in [3.8, 4) is 0 Å². The number of aliphatic hydroxyl groups excluding tert-OH is 1. The molecule has 4 rings (SSSR count). The Morgan fingerprint density at radius 3 is 2.29 bits per heavy atom. The van der Waals surface area contributed by atoms with Gasteiger partial charge >= 0.3 is 5.97 Å². The summed E-state index contributed by atoms with van der Waals surface area (Å²) in [5.41, 5.74) is 3.64. The van der Waals surface area contributed by atoms with Crippen molar-refractivity contribution < 1.29 is 34.0 Å². The zero-order valence-corrected chi connectivity index (χ0v) is 24.3. The van der Waals surface area contributed by atoms with E-state index in [0.717, 1.165) is 46.2 Å². The molecule has 1 fully saturated rings. The van der Waals surface area contributed by atoms with E-state index in [-0.39, 0.29) is 31.1 Å². The molecule has 0 bridgehead atoms. The largest absolute Gasteiger partial charge is 0.618 e. The van der Waals surface area contributed by atoms with Gasteiger partial charge in [-0.25, -0.2) is 0 Å². The number of thioether (sulfide) groups is 1. The second-order valence-electron chi connectivity index (χ2n) is 10.4. The molecule has 3 atom stereocenters. The van der Waals surface area contributed by atoms with Gasteiger partial charge in [0.1, 0.15) is 0 Å². The van der Waals surface area contributed by atoms with E-state index in [0.29, 0.717) is 36.6 Å². The maximum absolute atomic E-state index is 12.2. The molecule has 0 saturated carbocycles. The van der Waals surface area contributed by atoms with Gasteiger partial charge in [-0.3, -0.25) is 9.59 Å². The van der Waals surface area contributed by atoms with Crippen LogP contribution in [0.4, 0.5) is 0 Å². The molecule has 3 N–H and O–H groups in total. The Morgan fingerprint density at radius 2 is 1.60 bits per heavy atom. The van der Waals surface area contributed by atoms with Crippen LogP contribution >= 0.6 is 11.8 Å². The van der Waals surface area contributed by atoms with E-state index in [2.05, 4.69) is 5.32 Å². The van der Waals surface area contributed by atoms with E-state index in [1.54, 1.807) is 12.1 Å². The van der Waals surface area contributed by atoms with Crippen molar-refractivity contribution in [1.82, 2.24) is 5.32 Å². The van der Waals surface area contributed by atoms with Crippen LogP contribution in [0.1, 0.15) is 79.6 Å². The van der Waals surface area contributed by atoms with E-state index in [1.807, 2.05) is 54.6 Å². The molecule has 9 nitrogen and oxygen atoms in total. The third-order valence-corrected chi connectivity index (χ3v) is 8.26. The minimum absolute atomic E-state index is 0.0233. The summed E-state index contributed by atoms with van der Waals surface area (Å²) in [6, 6.07) is 20.8. The van der Waals surface area contributed by atoms with E-state index < -0.39 is 12.3 Å². The van der Waals surface area contributed by atoms with Crippen molar-refractivity contribution in [2.45, 2.75) is 81.6 Å². The van der Waals surface area contributed by atoms with Crippen molar-refractivity contribution >= 4 is 23.6 Å². The molecule has 3 aromatic rings. The third kappa shape index (κ3) is 9.84. The Labute approximate surface area is 250 Å². The summed E-state index contributed by atoms with van der Waals surface area (Å²) < 4.78 is 13.6. The molecule has 1 aliphatic heterocycles. The number of aliphatic carboxylic acids is 1. The lowest BCUT2D eigenvalue weighted by Gasteiger charge is -2.36. The number of rotatable bonds is 15. The highest BCUT2D eigenvalue weighted by Gasteiger charge is 2.32. The summed E-state index contributed by atoms with van der Waals surface area (Å²) in [5, 5.41) is 33.8. The van der Waals surface area contributed by atoms with Crippen LogP contribution in [-0.2, 0) is 32.2 Å². The van der Waals surface area contributed by atoms with Crippen molar-refractivity contribution in [2.75, 3.05) is 5.75 Å². The number of hydrogen-bond donors (Lipinski definition) is 3. The smallest absolute Gasteiger partial charge is 0.303 e. The first-order valence-corrected chi connectivity index (χ1v) is 15.3. The summed E-state index contributed by atoms with van der Waals surface area (Å²) in [6.07, 6.45) is 4.73. The second-order valence-corrected chi connectivity index (χ2v) is 11.4. The molecule has 2 aromatic carbocycles. The number of benzene rings is 2. The van der Waals surface area contributed by atoms with Gasteiger partial charge in [-0.05, 0) is 35.6 Å². The topological polar surface area (TPSA) is 132 Å². The predicted molar refractivity (Wildman–Crippen MR) is 158 cm³/mol. The highest BCUT2D eigenvalue weighted by molar-refractivity contribution is 7.99. The number of aromatic nitrogens is 1. The van der Waals surface area contributed by atoms with Crippen LogP contribution < -0.4 is 10.0 Å². The van der Waals surface area contributed by atoms with Crippen molar-refractivity contribution in [1.29, 1.82) is 0 Å². The van der Waals surface area contributed by atoms with Gasteiger partial charge in [-0.15, -0.1) is 0 Å². The summed E-state index contributed by atoms with van der Waals surface area (Å²) >= 11 is 1.45. The van der Waals surface area contributed by atoms with E-state index in [9.17, 15) is 19.9 Å². The lowest BCUT2D eigenvalue weighted by molar-refractivity contribution is -0.645. The van der Waals surface area contributed by atoms with Crippen molar-refractivity contribution in [2.24, 2.45) is 0 Å². The number of nitrogens with zero attached hydrogens (tertiary/aromatic N) is 1. The highest BCUT2D eigenvalue weighted by Crippen LogP contribution is 2.39. The Morgan fingerprint density at radius 1 is 0.905 bits per heavy atom. The predicted octanol–water partition coefficient (Wildman–Crippen LogP) is 5.19. The summed E-state index contributed by atoms with van der Waals surface area (Å²) in [4.78, 5) is 22.8. The van der Waals surface area contributed by atoms with E-state index in [4.69, 9.17) is 14.6 Å². The second kappa shape index (κ2) is 16.3. The molecular formula is C32H38N2O7S. The number of aliphatic hydroxyl groups is 1. The van der Waals surface area contributed by atoms with Crippen LogP contribution in [0.5, 0.6) is 0 Å². The Kier molecular flexibility index (Phi) is 12.2. The standard InChI is InChI=1S/C32H38N2O7S/c35-21-24-12-14-25(15-13-24)28-19-27(22-42-30-8-5-6-18-34(30)39)40-32(41-28)26-16-10-23(11-17-26)20-33-29(36)7-3-1-2-4-9-31(37)38/h5-6,8,10-18,27-28,32,35H,1-4,7,9,19-22H2,(H,33,36)(H,37,38)/t27-,28+,32+/m1/s1. The summed E-state index contributed by atoms with van der Waals surface area (Å²) in [7, 11) is 0. The van der Waals surface area contributed by atoms with Gasteiger partial charge in [0.15, 0.2) is 12.5 Å². The normalized spacial score (nSPS) is 18.5. The minimum Gasteiger partial charge on any atom is -0.618 e. The molecular weight excluding hydrogens is 556 g/mol. The lowest BCUT2D eigenvalue weighted by Crippen LogP contribution is -2.32. The molecule has 224 valence electrons. The number of ether oxygens (including phenoxy) is 2. The first kappa shape index (κ1) is 31.5. The fourth-order valence-corrected chi connectivity index (χ4v) is 5.66. The van der Waals surface area contributed by atoms with Gasteiger partial charge in [-0.1, -0.05) is 73.1 Å². The molecule has 42 heavy (non-hydrogen) atoms. The number of unbranched alkanes of at least 4 members (excludes halogenated alkanes) is 3. The average molecular weight is 595 g/mol. The Balaban J connectivity index is 1.33. The Hall–Kier alpha value is -3.44. The van der Waals surface area contributed by atoms with Gasteiger partial charge in [0, 0.05) is 49.3 Å². The lowest BCUT2D eigenvalue weighted by atomic mass is 10.0. The third-order valence-electron chi connectivity index (χ3n) is 7.11. The first-order valence-electron chi connectivity index (χ1n) is 14.3. The van der Waals surface area contributed by atoms with Crippen LogP contribution in [0.2, 0.25) is 0 Å². The van der Waals surface area contributed by atoms with Crippen molar-refractivity contribution in [3.05, 3.63) is 100 Å². The maximum Gasteiger partial charge on any atom is 0.303 e. The number of carboxylic acids is 1. The molecule has 10 heteroatoms. The fourth-order valence-electron chi connectivity index (χ4n) is 4.72. The molecule has 1 amide bonds. The van der Waals surface area contributed by atoms with Crippen LogP contribution in [0.25, 0.3) is 0 Å². The zero-order valence-electron chi connectivity index (χ0n) is 23.5. The average Bonchev–Trinajstić information content (AvgIpc) is 3.01. The highest BCUT2D eigenvalue weighted by atomic mass is 32.2. The molecule has 1 aromatic heterocycles. The first-order chi connectivity index (χ1) is 20.4. The molecule has 2 heterocycles. The van der Waals surface area contributed by atoms with Crippen LogP contribution in [0.3, 0.4) is 0 Å². The monoisotopic (exact) mass is 594 g/mol. The van der Waals surface area contributed by atoms with Gasteiger partial charge < -0.3 is 30.2 Å². The fraction of sp³-hybridized carbons (Fsp3) is 0.406. The molecule has 0 unspecified atom stereocenters. The number of carbonyl (C=O) groups is 2. The van der Waals surface area contributed by atoms with E-state index in [1.165, 1.54) is 18.0 Å². The number of carbonyl (C=O) groups excluding carboxylic acids is 1. The van der Waals surface area contributed by atoms with Gasteiger partial charge in [-0.2, -0.15) is 4.73 Å². The number of nitrogens with one attached hydrogen (secondary N) is 1. The van der Waals surface area contributed by atoms with Gasteiger partial charge in [0.2, 0.25) is 5.91 Å². The summed E-state index contributed by atoms with van der Waals surface area (Å²) in [6.45, 7) is 0.389. The van der Waals surface area contributed by atoms with E-state index >= 15 is 0 Å². The van der Waals surface area contributed by atoms with Crippen LogP contribution in [0, 0.1) is 5.21 Å². The van der Waals surface area contributed by atoms with Crippen LogP contribution in [0.15, 0.2) is 78.0 Å². The number of amides is 1. The Bertz CT molecular complexity index is 1290. The number of carboxylic acid groups (broad SMARTS) is 1. The molecule has 1 saturated heterocycles. The molecule has 0 radical (unpaired) electrons. The number of pyridine rings is 1. The van der Waals surface area contributed by atoms with Crippen molar-refractivity contribution in [3.63, 3.8) is 0 Å². The minimum atomic E-state index is -0.784. The zero-order chi connectivity index (χ0) is 29.7. The SMILES string of the molecule is O=C(O)CCCCCCC(=O)NCc1ccc([C@H]2O[C@@H](CSc3cccc[n+]3[O-])C[C@@H](c3ccc(CO)cc3)O2)cc1.